The molecule has 4 aromatic rings. The van der Waals surface area contributed by atoms with Crippen LogP contribution in [-0.4, -0.2) is 26.9 Å². The Morgan fingerprint density at radius 3 is 2.43 bits per heavy atom. The van der Waals surface area contributed by atoms with Crippen molar-refractivity contribution in [1.82, 2.24) is 19.7 Å². The Kier molecular flexibility index (Phi) is 5.16. The van der Waals surface area contributed by atoms with Crippen molar-refractivity contribution in [3.8, 4) is 28.6 Å². The van der Waals surface area contributed by atoms with Gasteiger partial charge < -0.3 is 13.7 Å². The Labute approximate surface area is 167 Å². The molecule has 0 amide bonds. The molecule has 0 atom stereocenters. The largest absolute Gasteiger partial charge is 0.497 e. The summed E-state index contributed by atoms with van der Waals surface area (Å²) >= 11 is 1.58. The Hall–Kier alpha value is -3.06. The van der Waals surface area contributed by atoms with Crippen molar-refractivity contribution in [1.29, 1.82) is 0 Å². The minimum absolute atomic E-state index is 0.632. The molecule has 0 N–H and O–H groups in total. The van der Waals surface area contributed by atoms with Gasteiger partial charge in [0.15, 0.2) is 11.0 Å². The molecule has 0 radical (unpaired) electrons. The van der Waals surface area contributed by atoms with Gasteiger partial charge in [-0.1, -0.05) is 29.5 Å². The number of rotatable bonds is 6. The van der Waals surface area contributed by atoms with Gasteiger partial charge in [-0.3, -0.25) is 0 Å². The highest BCUT2D eigenvalue weighted by Gasteiger charge is 2.13. The van der Waals surface area contributed by atoms with Crippen LogP contribution < -0.4 is 4.74 Å². The molecule has 0 spiro atoms. The number of oxazole rings is 1. The van der Waals surface area contributed by atoms with Crippen LogP contribution in [-0.2, 0) is 12.8 Å². The highest BCUT2D eigenvalue weighted by Crippen LogP contribution is 2.27. The average molecular weight is 392 g/mol. The van der Waals surface area contributed by atoms with Gasteiger partial charge in [0.25, 0.3) is 0 Å². The van der Waals surface area contributed by atoms with Gasteiger partial charge in [0.2, 0.25) is 5.89 Å². The van der Waals surface area contributed by atoms with E-state index in [9.17, 15) is 0 Å². The van der Waals surface area contributed by atoms with Gasteiger partial charge in [-0.25, -0.2) is 4.98 Å². The zero-order chi connectivity index (χ0) is 19.5. The maximum Gasteiger partial charge on any atom is 0.226 e. The van der Waals surface area contributed by atoms with E-state index in [-0.39, 0.29) is 0 Å². The Morgan fingerprint density at radius 1 is 1.00 bits per heavy atom. The lowest BCUT2D eigenvalue weighted by Crippen LogP contribution is -1.95. The molecule has 0 unspecified atom stereocenters. The molecule has 0 bridgehead atoms. The lowest BCUT2D eigenvalue weighted by atomic mass is 10.1. The first kappa shape index (κ1) is 18.3. The minimum Gasteiger partial charge on any atom is -0.497 e. The van der Waals surface area contributed by atoms with Gasteiger partial charge >= 0.3 is 0 Å². The molecule has 0 aliphatic carbocycles. The van der Waals surface area contributed by atoms with Gasteiger partial charge in [0.1, 0.15) is 12.0 Å². The fourth-order valence-electron chi connectivity index (χ4n) is 2.77. The normalized spacial score (nSPS) is 11.0. The topological polar surface area (TPSA) is 66.0 Å². The van der Waals surface area contributed by atoms with Crippen molar-refractivity contribution in [3.63, 3.8) is 0 Å². The number of methoxy groups -OCH3 is 1. The zero-order valence-corrected chi connectivity index (χ0v) is 16.7. The number of thioether (sulfide) groups is 1. The van der Waals surface area contributed by atoms with E-state index in [1.54, 1.807) is 25.1 Å². The van der Waals surface area contributed by atoms with Gasteiger partial charge in [0, 0.05) is 23.9 Å². The molecule has 0 aliphatic rings. The van der Waals surface area contributed by atoms with Crippen molar-refractivity contribution < 1.29 is 9.15 Å². The summed E-state index contributed by atoms with van der Waals surface area (Å²) in [6, 6.07) is 15.9. The summed E-state index contributed by atoms with van der Waals surface area (Å²) in [4.78, 5) is 4.58. The third-order valence-electron chi connectivity index (χ3n) is 4.38. The van der Waals surface area contributed by atoms with E-state index < -0.39 is 0 Å². The van der Waals surface area contributed by atoms with Gasteiger partial charge in [-0.05, 0) is 43.3 Å². The first-order chi connectivity index (χ1) is 13.6. The van der Waals surface area contributed by atoms with Gasteiger partial charge in [0.05, 0.1) is 12.8 Å². The highest BCUT2D eigenvalue weighted by molar-refractivity contribution is 7.98. The van der Waals surface area contributed by atoms with Gasteiger partial charge in [-0.2, -0.15) is 0 Å². The molecule has 0 fully saturated rings. The molecule has 0 saturated carbocycles. The van der Waals surface area contributed by atoms with Crippen LogP contribution in [0.15, 0.2) is 64.4 Å². The van der Waals surface area contributed by atoms with Crippen molar-refractivity contribution in [3.05, 3.63) is 66.1 Å². The van der Waals surface area contributed by atoms with E-state index >= 15 is 0 Å². The van der Waals surface area contributed by atoms with Crippen LogP contribution in [0.1, 0.15) is 11.3 Å². The molecule has 28 heavy (non-hydrogen) atoms. The first-order valence-corrected chi connectivity index (χ1v) is 9.80. The smallest absolute Gasteiger partial charge is 0.226 e. The molecule has 0 aliphatic heterocycles. The van der Waals surface area contributed by atoms with Crippen LogP contribution in [0.4, 0.5) is 0 Å². The lowest BCUT2D eigenvalue weighted by Gasteiger charge is -2.04. The number of benzene rings is 2. The first-order valence-electron chi connectivity index (χ1n) is 8.82. The lowest BCUT2D eigenvalue weighted by molar-refractivity contribution is 0.415. The minimum atomic E-state index is 0.632. The summed E-state index contributed by atoms with van der Waals surface area (Å²) in [5, 5.41) is 9.46. The van der Waals surface area contributed by atoms with Crippen LogP contribution in [0.5, 0.6) is 5.75 Å². The highest BCUT2D eigenvalue weighted by atomic mass is 32.2. The second-order valence-corrected chi connectivity index (χ2v) is 7.33. The molecular weight excluding hydrogens is 372 g/mol. The van der Waals surface area contributed by atoms with Crippen molar-refractivity contribution in [2.75, 3.05) is 7.11 Å². The van der Waals surface area contributed by atoms with E-state index in [0.29, 0.717) is 11.6 Å². The maximum atomic E-state index is 5.63. The van der Waals surface area contributed by atoms with E-state index in [0.717, 1.165) is 33.6 Å². The summed E-state index contributed by atoms with van der Waals surface area (Å²) in [5.41, 5.74) is 4.05. The summed E-state index contributed by atoms with van der Waals surface area (Å²) in [6.07, 6.45) is 1.70. The number of ether oxygens (including phenoxy) is 1. The number of aromatic nitrogens is 4. The summed E-state index contributed by atoms with van der Waals surface area (Å²) in [6.45, 7) is 2.06. The number of nitrogens with zero attached hydrogens (tertiary/aromatic N) is 4. The molecule has 2 heterocycles. The second-order valence-electron chi connectivity index (χ2n) is 6.39. The quantitative estimate of drug-likeness (QED) is 0.441. The number of hydrogen-bond donors (Lipinski definition) is 0. The number of hydrogen-bond acceptors (Lipinski definition) is 6. The molecule has 0 saturated heterocycles. The van der Waals surface area contributed by atoms with Crippen LogP contribution in [0.3, 0.4) is 0 Å². The fraction of sp³-hybridized carbons (Fsp3) is 0.190. The molecule has 2 aromatic carbocycles. The Morgan fingerprint density at radius 2 is 1.71 bits per heavy atom. The monoisotopic (exact) mass is 392 g/mol. The fourth-order valence-corrected chi connectivity index (χ4v) is 3.56. The second kappa shape index (κ2) is 7.90. The number of aryl methyl sites for hydroxylation is 1. The van der Waals surface area contributed by atoms with Gasteiger partial charge in [-0.15, -0.1) is 10.2 Å². The van der Waals surface area contributed by atoms with E-state index in [2.05, 4.69) is 22.1 Å². The summed E-state index contributed by atoms with van der Waals surface area (Å²) in [7, 11) is 3.61. The van der Waals surface area contributed by atoms with Crippen LogP contribution in [0.25, 0.3) is 22.8 Å². The third kappa shape index (κ3) is 3.80. The molecule has 6 nitrogen and oxygen atoms in total. The van der Waals surface area contributed by atoms with Crippen molar-refractivity contribution >= 4 is 11.8 Å². The maximum absolute atomic E-state index is 5.63. The molecular formula is C21H20N4O2S. The zero-order valence-electron chi connectivity index (χ0n) is 15.9. The average Bonchev–Trinajstić information content (AvgIpc) is 3.34. The Bertz CT molecular complexity index is 1070. The van der Waals surface area contributed by atoms with Crippen LogP contribution >= 0.6 is 11.8 Å². The van der Waals surface area contributed by atoms with E-state index in [4.69, 9.17) is 9.15 Å². The SMILES string of the molecule is COc1ccc(-c2nnc(SCc3coc(-c4ccc(C)cc4)n3)n2C)cc1. The summed E-state index contributed by atoms with van der Waals surface area (Å²) < 4.78 is 12.8. The van der Waals surface area contributed by atoms with Crippen molar-refractivity contribution in [2.45, 2.75) is 17.8 Å². The molecule has 142 valence electrons. The Balaban J connectivity index is 1.45. The molecule has 7 heteroatoms. The van der Waals surface area contributed by atoms with Crippen molar-refractivity contribution in [2.24, 2.45) is 7.05 Å². The van der Waals surface area contributed by atoms with Crippen LogP contribution in [0.2, 0.25) is 0 Å². The van der Waals surface area contributed by atoms with E-state index in [1.807, 2.05) is 60.1 Å². The van der Waals surface area contributed by atoms with Crippen LogP contribution in [0, 0.1) is 6.92 Å². The third-order valence-corrected chi connectivity index (χ3v) is 5.44. The predicted octanol–water partition coefficient (Wildman–Crippen LogP) is 4.75. The standard InChI is InChI=1S/C21H20N4O2S/c1-14-4-6-16(7-5-14)20-22-17(12-27-20)13-28-21-24-23-19(25(21)2)15-8-10-18(26-3)11-9-15/h4-12H,13H2,1-3H3. The molecule has 4 rings (SSSR count). The van der Waals surface area contributed by atoms with E-state index in [1.165, 1.54) is 5.56 Å². The summed E-state index contributed by atoms with van der Waals surface area (Å²) in [5.74, 6) is 2.92. The molecule has 2 aromatic heterocycles. The predicted molar refractivity (Wildman–Crippen MR) is 109 cm³/mol.